The number of phenols is 1. The monoisotopic (exact) mass is 267 g/mol. The van der Waals surface area contributed by atoms with Crippen molar-refractivity contribution in [2.45, 2.75) is 31.4 Å². The van der Waals surface area contributed by atoms with Gasteiger partial charge in [0.05, 0.1) is 0 Å². The van der Waals surface area contributed by atoms with Gasteiger partial charge in [-0.25, -0.2) is 0 Å². The van der Waals surface area contributed by atoms with E-state index in [4.69, 9.17) is 0 Å². The number of carbonyl (C=O) groups excluding carboxylic acids is 1. The van der Waals surface area contributed by atoms with Crippen molar-refractivity contribution in [1.82, 2.24) is 5.32 Å². The van der Waals surface area contributed by atoms with Gasteiger partial charge in [0.25, 0.3) is 5.91 Å². The lowest BCUT2D eigenvalue weighted by Crippen LogP contribution is -2.39. The summed E-state index contributed by atoms with van der Waals surface area (Å²) in [5.74, 6) is 0.0856. The first kappa shape index (κ1) is 14.9. The molecule has 0 saturated carbocycles. The Labute approximate surface area is 113 Å². The molecule has 0 atom stereocenters. The van der Waals surface area contributed by atoms with Crippen molar-refractivity contribution in [1.29, 1.82) is 0 Å². The Bertz CT molecular complexity index is 377. The molecule has 1 aromatic carbocycles. The van der Waals surface area contributed by atoms with Crippen molar-refractivity contribution in [3.05, 3.63) is 29.8 Å². The minimum Gasteiger partial charge on any atom is -0.508 e. The molecular formula is C14H21NO2S. The average Bonchev–Trinajstić information content (AvgIpc) is 2.41. The minimum absolute atomic E-state index is 0.0877. The van der Waals surface area contributed by atoms with Crippen LogP contribution in [0.3, 0.4) is 0 Å². The van der Waals surface area contributed by atoms with E-state index in [2.05, 4.69) is 25.4 Å². The first-order valence-corrected chi connectivity index (χ1v) is 7.41. The van der Waals surface area contributed by atoms with Gasteiger partial charge in [-0.2, -0.15) is 11.8 Å². The molecule has 0 radical (unpaired) electrons. The van der Waals surface area contributed by atoms with Gasteiger partial charge in [0.15, 0.2) is 0 Å². The van der Waals surface area contributed by atoms with E-state index in [1.54, 1.807) is 23.9 Å². The molecule has 0 bridgehead atoms. The highest BCUT2D eigenvalue weighted by Crippen LogP contribution is 2.29. The van der Waals surface area contributed by atoms with Crippen LogP contribution in [0.4, 0.5) is 0 Å². The van der Waals surface area contributed by atoms with E-state index in [0.717, 1.165) is 12.8 Å². The third kappa shape index (κ3) is 3.67. The Morgan fingerprint density at radius 2 is 1.83 bits per heavy atom. The number of carbonyl (C=O) groups is 1. The molecule has 0 aliphatic carbocycles. The average molecular weight is 267 g/mol. The molecule has 0 aliphatic rings. The number of amides is 1. The Hall–Kier alpha value is -1.16. The lowest BCUT2D eigenvalue weighted by Gasteiger charge is -2.29. The maximum atomic E-state index is 11.9. The zero-order valence-corrected chi connectivity index (χ0v) is 12.0. The van der Waals surface area contributed by atoms with Crippen LogP contribution in [-0.4, -0.2) is 28.6 Å². The second kappa shape index (κ2) is 6.69. The maximum Gasteiger partial charge on any atom is 0.251 e. The van der Waals surface area contributed by atoms with Gasteiger partial charge in [-0.3, -0.25) is 4.79 Å². The van der Waals surface area contributed by atoms with Gasteiger partial charge in [-0.15, -0.1) is 0 Å². The van der Waals surface area contributed by atoms with Crippen molar-refractivity contribution in [3.63, 3.8) is 0 Å². The second-order valence-electron chi connectivity index (χ2n) is 4.32. The highest BCUT2D eigenvalue weighted by atomic mass is 32.2. The Balaban J connectivity index is 2.63. The number of aromatic hydroxyl groups is 1. The molecule has 1 aromatic rings. The fourth-order valence-electron chi connectivity index (χ4n) is 1.82. The summed E-state index contributed by atoms with van der Waals surface area (Å²) >= 11 is 1.80. The highest BCUT2D eigenvalue weighted by Gasteiger charge is 2.25. The van der Waals surface area contributed by atoms with Crippen molar-refractivity contribution < 1.29 is 9.90 Å². The van der Waals surface area contributed by atoms with Gasteiger partial charge in [0.2, 0.25) is 0 Å². The van der Waals surface area contributed by atoms with E-state index < -0.39 is 0 Å². The van der Waals surface area contributed by atoms with Gasteiger partial charge >= 0.3 is 0 Å². The maximum absolute atomic E-state index is 11.9. The number of benzene rings is 1. The molecular weight excluding hydrogens is 246 g/mol. The predicted octanol–water partition coefficient (Wildman–Crippen LogP) is 3.04. The number of phenolic OH excluding ortho intramolecular Hbond substituents is 1. The topological polar surface area (TPSA) is 49.3 Å². The van der Waals surface area contributed by atoms with Crippen molar-refractivity contribution in [2.75, 3.05) is 12.8 Å². The number of thioether (sulfide) groups is 1. The van der Waals surface area contributed by atoms with E-state index in [1.807, 2.05) is 0 Å². The predicted molar refractivity (Wildman–Crippen MR) is 77.3 cm³/mol. The van der Waals surface area contributed by atoms with Crippen LogP contribution in [0.15, 0.2) is 24.3 Å². The molecule has 2 N–H and O–H groups in total. The fourth-order valence-corrected chi connectivity index (χ4v) is 2.61. The smallest absolute Gasteiger partial charge is 0.251 e. The highest BCUT2D eigenvalue weighted by molar-refractivity contribution is 8.00. The largest absolute Gasteiger partial charge is 0.508 e. The Kier molecular flexibility index (Phi) is 5.54. The summed E-state index contributed by atoms with van der Waals surface area (Å²) in [6, 6.07) is 6.30. The molecule has 0 heterocycles. The van der Waals surface area contributed by atoms with Crippen LogP contribution in [0.5, 0.6) is 5.75 Å². The minimum atomic E-state index is -0.0877. The summed E-state index contributed by atoms with van der Waals surface area (Å²) in [6.45, 7) is 4.96. The molecule has 4 heteroatoms. The molecule has 1 amide bonds. The third-order valence-electron chi connectivity index (χ3n) is 3.42. The zero-order valence-electron chi connectivity index (χ0n) is 11.2. The van der Waals surface area contributed by atoms with Crippen LogP contribution in [0.2, 0.25) is 0 Å². The molecule has 0 fully saturated rings. The third-order valence-corrected chi connectivity index (χ3v) is 5.01. The quantitative estimate of drug-likeness (QED) is 0.833. The lowest BCUT2D eigenvalue weighted by molar-refractivity contribution is 0.0949. The molecule has 18 heavy (non-hydrogen) atoms. The Morgan fingerprint density at radius 3 is 2.28 bits per heavy atom. The summed E-state index contributed by atoms with van der Waals surface area (Å²) in [6.07, 6.45) is 4.14. The van der Waals surface area contributed by atoms with Crippen LogP contribution >= 0.6 is 11.8 Å². The molecule has 0 unspecified atom stereocenters. The first-order chi connectivity index (χ1) is 8.56. The van der Waals surface area contributed by atoms with E-state index in [9.17, 15) is 9.90 Å². The normalized spacial score (nSPS) is 11.3. The van der Waals surface area contributed by atoms with Gasteiger partial charge in [-0.1, -0.05) is 13.8 Å². The number of hydrogen-bond donors (Lipinski definition) is 2. The van der Waals surface area contributed by atoms with Gasteiger partial charge < -0.3 is 10.4 Å². The van der Waals surface area contributed by atoms with Crippen LogP contribution in [0, 0.1) is 0 Å². The molecule has 100 valence electrons. The summed E-state index contributed by atoms with van der Waals surface area (Å²) in [4.78, 5) is 11.9. The fraction of sp³-hybridized carbons (Fsp3) is 0.500. The summed E-state index contributed by atoms with van der Waals surface area (Å²) in [7, 11) is 0. The van der Waals surface area contributed by atoms with Crippen LogP contribution in [-0.2, 0) is 0 Å². The number of hydrogen-bond acceptors (Lipinski definition) is 3. The first-order valence-electron chi connectivity index (χ1n) is 6.19. The zero-order chi connectivity index (χ0) is 13.6. The molecule has 0 saturated heterocycles. The summed E-state index contributed by atoms with van der Waals surface area (Å²) in [5.41, 5.74) is 0.579. The van der Waals surface area contributed by atoms with Gasteiger partial charge in [-0.05, 0) is 43.4 Å². The van der Waals surface area contributed by atoms with Crippen molar-refractivity contribution in [3.8, 4) is 5.75 Å². The summed E-state index contributed by atoms with van der Waals surface area (Å²) in [5, 5.41) is 12.1. The second-order valence-corrected chi connectivity index (χ2v) is 5.60. The molecule has 1 rings (SSSR count). The summed E-state index contributed by atoms with van der Waals surface area (Å²) < 4.78 is 0.118. The lowest BCUT2D eigenvalue weighted by atomic mass is 10.0. The van der Waals surface area contributed by atoms with E-state index >= 15 is 0 Å². The standard InChI is InChI=1S/C14H21NO2S/c1-4-14(5-2,18-3)10-15-13(17)11-6-8-12(16)9-7-11/h6-9,16H,4-5,10H2,1-3H3,(H,15,17). The van der Waals surface area contributed by atoms with E-state index in [-0.39, 0.29) is 16.4 Å². The van der Waals surface area contributed by atoms with E-state index in [1.165, 1.54) is 12.1 Å². The van der Waals surface area contributed by atoms with Crippen LogP contribution in [0.25, 0.3) is 0 Å². The molecule has 0 aromatic heterocycles. The number of rotatable bonds is 6. The molecule has 0 aliphatic heterocycles. The SMILES string of the molecule is CCC(CC)(CNC(=O)c1ccc(O)cc1)SC. The van der Waals surface area contributed by atoms with Crippen LogP contribution in [0.1, 0.15) is 37.0 Å². The van der Waals surface area contributed by atoms with Crippen molar-refractivity contribution in [2.24, 2.45) is 0 Å². The molecule has 0 spiro atoms. The Morgan fingerprint density at radius 1 is 1.28 bits per heavy atom. The van der Waals surface area contributed by atoms with Crippen LogP contribution < -0.4 is 5.32 Å². The molecule has 3 nitrogen and oxygen atoms in total. The number of nitrogens with one attached hydrogen (secondary N) is 1. The van der Waals surface area contributed by atoms with Crippen molar-refractivity contribution >= 4 is 17.7 Å². The van der Waals surface area contributed by atoms with Gasteiger partial charge in [0, 0.05) is 16.9 Å². The van der Waals surface area contributed by atoms with Gasteiger partial charge in [0.1, 0.15) is 5.75 Å². The van der Waals surface area contributed by atoms with E-state index in [0.29, 0.717) is 12.1 Å².